The molecule has 0 aliphatic carbocycles. The Labute approximate surface area is 160 Å². The van der Waals surface area contributed by atoms with E-state index >= 15 is 0 Å². The van der Waals surface area contributed by atoms with Gasteiger partial charge in [0.2, 0.25) is 0 Å². The van der Waals surface area contributed by atoms with Crippen molar-refractivity contribution in [3.8, 4) is 5.75 Å². The van der Waals surface area contributed by atoms with Crippen molar-refractivity contribution in [3.63, 3.8) is 0 Å². The number of pyridine rings is 1. The number of rotatable bonds is 5. The van der Waals surface area contributed by atoms with Crippen molar-refractivity contribution in [2.45, 2.75) is 0 Å². The average molecular weight is 380 g/mol. The zero-order valence-corrected chi connectivity index (χ0v) is 14.8. The number of nitrogens with zero attached hydrogens (tertiary/aromatic N) is 2. The molecule has 0 unspecified atom stereocenters. The van der Waals surface area contributed by atoms with Crippen LogP contribution in [0.25, 0.3) is 0 Å². The normalized spacial score (nSPS) is 10.6. The highest BCUT2D eigenvalue weighted by atomic mass is 35.5. The summed E-state index contributed by atoms with van der Waals surface area (Å²) < 4.78 is 5.29. The van der Waals surface area contributed by atoms with Crippen molar-refractivity contribution in [1.29, 1.82) is 0 Å². The summed E-state index contributed by atoms with van der Waals surface area (Å²) in [6.45, 7) is 0. The number of hydrogen-bond acceptors (Lipinski definition) is 5. The third kappa shape index (κ3) is 4.99. The Kier molecular flexibility index (Phi) is 5.91. The first-order valence-corrected chi connectivity index (χ1v) is 8.31. The number of halogens is 1. The number of carbonyl (C=O) groups is 2. The molecule has 0 bridgehead atoms. The van der Waals surface area contributed by atoms with E-state index < -0.39 is 5.97 Å². The molecule has 0 spiro atoms. The molecule has 7 heteroatoms. The summed E-state index contributed by atoms with van der Waals surface area (Å²) >= 11 is 5.98. The standard InChI is InChI=1S/C20H14ClN3O3/c21-18-6-2-1-5-17(18)20(26)27-16-9-7-14(8-10-16)12-23-24-19(25)15-4-3-11-22-13-15/h1-13H,(H,24,25). The van der Waals surface area contributed by atoms with Crippen molar-refractivity contribution in [1.82, 2.24) is 10.4 Å². The van der Waals surface area contributed by atoms with Gasteiger partial charge in [-0.2, -0.15) is 5.10 Å². The van der Waals surface area contributed by atoms with Crippen molar-refractivity contribution >= 4 is 29.7 Å². The summed E-state index contributed by atoms with van der Waals surface area (Å²) in [7, 11) is 0. The summed E-state index contributed by atoms with van der Waals surface area (Å²) in [5.41, 5.74) is 3.84. The lowest BCUT2D eigenvalue weighted by Crippen LogP contribution is -2.17. The molecule has 3 aromatic rings. The highest BCUT2D eigenvalue weighted by Gasteiger charge is 2.11. The fraction of sp³-hybridized carbons (Fsp3) is 0. The molecule has 3 rings (SSSR count). The molecule has 0 aliphatic rings. The third-order valence-electron chi connectivity index (χ3n) is 3.49. The van der Waals surface area contributed by atoms with Gasteiger partial charge in [0.1, 0.15) is 5.75 Å². The third-order valence-corrected chi connectivity index (χ3v) is 3.82. The van der Waals surface area contributed by atoms with Gasteiger partial charge < -0.3 is 4.74 Å². The summed E-state index contributed by atoms with van der Waals surface area (Å²) in [5.74, 6) is -0.521. The van der Waals surface area contributed by atoms with Gasteiger partial charge in [0.15, 0.2) is 0 Å². The van der Waals surface area contributed by atoms with Crippen LogP contribution in [-0.4, -0.2) is 23.1 Å². The van der Waals surface area contributed by atoms with E-state index in [-0.39, 0.29) is 5.91 Å². The Balaban J connectivity index is 1.58. The molecule has 0 aliphatic heterocycles. The highest BCUT2D eigenvalue weighted by Crippen LogP contribution is 2.18. The van der Waals surface area contributed by atoms with Crippen LogP contribution in [0.5, 0.6) is 5.75 Å². The lowest BCUT2D eigenvalue weighted by Gasteiger charge is -2.05. The maximum Gasteiger partial charge on any atom is 0.345 e. The highest BCUT2D eigenvalue weighted by molar-refractivity contribution is 6.33. The molecular weight excluding hydrogens is 366 g/mol. The fourth-order valence-electron chi connectivity index (χ4n) is 2.14. The molecule has 27 heavy (non-hydrogen) atoms. The van der Waals surface area contributed by atoms with Gasteiger partial charge in [-0.3, -0.25) is 9.78 Å². The van der Waals surface area contributed by atoms with Crippen molar-refractivity contribution in [2.24, 2.45) is 5.10 Å². The zero-order valence-electron chi connectivity index (χ0n) is 14.0. The Hall–Kier alpha value is -3.51. The van der Waals surface area contributed by atoms with Gasteiger partial charge in [-0.1, -0.05) is 23.7 Å². The molecule has 0 saturated heterocycles. The minimum absolute atomic E-state index is 0.294. The van der Waals surface area contributed by atoms with Crippen molar-refractivity contribution in [2.75, 3.05) is 0 Å². The first-order valence-electron chi connectivity index (χ1n) is 7.94. The van der Waals surface area contributed by atoms with E-state index in [0.717, 1.165) is 5.56 Å². The molecule has 0 atom stereocenters. The Bertz CT molecular complexity index is 973. The van der Waals surface area contributed by atoms with Gasteiger partial charge >= 0.3 is 5.97 Å². The summed E-state index contributed by atoms with van der Waals surface area (Å²) in [4.78, 5) is 27.8. The smallest absolute Gasteiger partial charge is 0.345 e. The number of benzene rings is 2. The second-order valence-electron chi connectivity index (χ2n) is 5.38. The van der Waals surface area contributed by atoms with Crippen LogP contribution in [0.3, 0.4) is 0 Å². The lowest BCUT2D eigenvalue weighted by molar-refractivity contribution is 0.0734. The maximum absolute atomic E-state index is 12.1. The molecule has 0 saturated carbocycles. The van der Waals surface area contributed by atoms with Gasteiger partial charge in [-0.15, -0.1) is 0 Å². The van der Waals surface area contributed by atoms with Crippen LogP contribution in [0.15, 0.2) is 78.2 Å². The number of esters is 1. The largest absolute Gasteiger partial charge is 0.423 e. The Morgan fingerprint density at radius 1 is 1.04 bits per heavy atom. The van der Waals surface area contributed by atoms with Crippen LogP contribution < -0.4 is 10.2 Å². The molecule has 134 valence electrons. The number of hydrogen-bond donors (Lipinski definition) is 1. The lowest BCUT2D eigenvalue weighted by atomic mass is 10.2. The summed E-state index contributed by atoms with van der Waals surface area (Å²) in [6, 6.07) is 16.6. The molecule has 2 aromatic carbocycles. The van der Waals surface area contributed by atoms with E-state index in [1.165, 1.54) is 12.4 Å². The van der Waals surface area contributed by atoms with Crippen molar-refractivity contribution in [3.05, 3.63) is 94.8 Å². The van der Waals surface area contributed by atoms with E-state index in [1.54, 1.807) is 66.9 Å². The second-order valence-corrected chi connectivity index (χ2v) is 5.79. The number of amides is 1. The average Bonchev–Trinajstić information content (AvgIpc) is 2.70. The SMILES string of the molecule is O=C(NN=Cc1ccc(OC(=O)c2ccccc2Cl)cc1)c1cccnc1. The van der Waals surface area contributed by atoms with Crippen LogP contribution >= 0.6 is 11.6 Å². The monoisotopic (exact) mass is 379 g/mol. The molecule has 1 N–H and O–H groups in total. The van der Waals surface area contributed by atoms with Gasteiger partial charge in [0.25, 0.3) is 5.91 Å². The number of hydrazone groups is 1. The topological polar surface area (TPSA) is 80.6 Å². The van der Waals surface area contributed by atoms with E-state index in [0.29, 0.717) is 21.9 Å². The molecule has 1 heterocycles. The first kappa shape index (κ1) is 18.3. The molecule has 0 fully saturated rings. The van der Waals surface area contributed by atoms with Crippen molar-refractivity contribution < 1.29 is 14.3 Å². The molecule has 1 aromatic heterocycles. The van der Waals surface area contributed by atoms with Gasteiger partial charge in [-0.05, 0) is 54.1 Å². The number of aromatic nitrogens is 1. The Morgan fingerprint density at radius 3 is 2.52 bits per heavy atom. The van der Waals surface area contributed by atoms with Crippen LogP contribution in [0, 0.1) is 0 Å². The molecule has 1 amide bonds. The van der Waals surface area contributed by atoms with Crippen LogP contribution in [0.2, 0.25) is 5.02 Å². The predicted molar refractivity (Wildman–Crippen MR) is 102 cm³/mol. The first-order chi connectivity index (χ1) is 13.1. The molecular formula is C20H14ClN3O3. The number of nitrogens with one attached hydrogen (secondary N) is 1. The quantitative estimate of drug-likeness (QED) is 0.317. The summed E-state index contributed by atoms with van der Waals surface area (Å²) in [5, 5.41) is 4.22. The number of ether oxygens (including phenoxy) is 1. The van der Waals surface area contributed by atoms with E-state index in [9.17, 15) is 9.59 Å². The van der Waals surface area contributed by atoms with Gasteiger partial charge in [0.05, 0.1) is 22.4 Å². The van der Waals surface area contributed by atoms with Gasteiger partial charge in [0, 0.05) is 12.4 Å². The number of carbonyl (C=O) groups excluding carboxylic acids is 2. The fourth-order valence-corrected chi connectivity index (χ4v) is 2.35. The molecule has 0 radical (unpaired) electrons. The van der Waals surface area contributed by atoms with E-state index in [2.05, 4.69) is 15.5 Å². The zero-order chi connectivity index (χ0) is 19.1. The van der Waals surface area contributed by atoms with Crippen LogP contribution in [-0.2, 0) is 0 Å². The predicted octanol–water partition coefficient (Wildman–Crippen LogP) is 3.72. The van der Waals surface area contributed by atoms with E-state index in [4.69, 9.17) is 16.3 Å². The minimum atomic E-state index is -0.536. The Morgan fingerprint density at radius 2 is 1.81 bits per heavy atom. The maximum atomic E-state index is 12.1. The van der Waals surface area contributed by atoms with E-state index in [1.807, 2.05) is 0 Å². The van der Waals surface area contributed by atoms with Crippen LogP contribution in [0.1, 0.15) is 26.3 Å². The molecule has 6 nitrogen and oxygen atoms in total. The van der Waals surface area contributed by atoms with Crippen LogP contribution in [0.4, 0.5) is 0 Å². The second kappa shape index (κ2) is 8.73. The van der Waals surface area contributed by atoms with Gasteiger partial charge in [-0.25, -0.2) is 10.2 Å². The summed E-state index contributed by atoms with van der Waals surface area (Å²) in [6.07, 6.45) is 4.51. The minimum Gasteiger partial charge on any atom is -0.423 e.